The molecule has 1 aromatic carbocycles. The molecule has 15 nitrogen and oxygen atoms in total. The summed E-state index contributed by atoms with van der Waals surface area (Å²) in [5, 5.41) is 5.63. The number of hydrogen-bond donors (Lipinski definition) is 3. The Bertz CT molecular complexity index is 2130. The van der Waals surface area contributed by atoms with Crippen LogP contribution in [0.25, 0.3) is 10.9 Å². The monoisotopic (exact) mass is 806 g/mol. The Kier molecular flexibility index (Phi) is 10.8. The second kappa shape index (κ2) is 15.7. The number of fused-ring (bicyclic) bond motifs is 5. The number of carbonyl (C=O) groups excluding carboxylic acids is 4. The molecule has 0 spiro atoms. The zero-order chi connectivity index (χ0) is 40.1. The topological polar surface area (TPSA) is 195 Å². The van der Waals surface area contributed by atoms with Crippen molar-refractivity contribution in [2.45, 2.75) is 145 Å². The van der Waals surface area contributed by atoms with Crippen molar-refractivity contribution in [3.63, 3.8) is 0 Å². The standard InChI is InChI=1S/C41H54N6O9S/c1-3-27-22-41(27,38(51)45-57(53,54)29-16-17-29)44-35(48)32-21-28-23-47(32)37(50)34(26-11-6-7-12-26)43-40(52)56-33-14-9-13-25(33)10-5-4-8-19-46-36(49)30-18-15-24(2)20-31(30)42-39(46)55-28/h4,8,15,18,20,25-29,32-34H,3,5-7,9-14,16-17,19,21-23H2,1-2H3,(H,43,52)(H,44,48)(H,45,51)/b8-4+/t25-,27-,28-,32+,33-,34+,41-/m1/s1. The molecule has 0 unspecified atom stereocenters. The zero-order valence-corrected chi connectivity index (χ0v) is 33.6. The predicted octanol–water partition coefficient (Wildman–Crippen LogP) is 3.75. The Balaban J connectivity index is 1.15. The Hall–Kier alpha value is -4.47. The highest BCUT2D eigenvalue weighted by atomic mass is 32.2. The van der Waals surface area contributed by atoms with E-state index in [1.807, 2.05) is 38.1 Å². The molecule has 308 valence electrons. The number of rotatable bonds is 7. The van der Waals surface area contributed by atoms with Crippen LogP contribution < -0.4 is 25.7 Å². The van der Waals surface area contributed by atoms with E-state index in [9.17, 15) is 32.4 Å². The Labute approximate surface area is 332 Å². The minimum atomic E-state index is -3.88. The number of sulfonamides is 1. The zero-order valence-electron chi connectivity index (χ0n) is 32.7. The minimum Gasteiger partial charge on any atom is -0.459 e. The van der Waals surface area contributed by atoms with Crippen LogP contribution in [0.5, 0.6) is 6.01 Å². The molecule has 1 aromatic heterocycles. The highest BCUT2D eigenvalue weighted by Crippen LogP contribution is 2.47. The molecule has 0 radical (unpaired) electrons. The van der Waals surface area contributed by atoms with Crippen molar-refractivity contribution < 1.29 is 37.1 Å². The molecular weight excluding hydrogens is 753 g/mol. The largest absolute Gasteiger partial charge is 0.459 e. The van der Waals surface area contributed by atoms with E-state index in [0.717, 1.165) is 50.5 Å². The molecule has 1 saturated heterocycles. The summed E-state index contributed by atoms with van der Waals surface area (Å²) < 4.78 is 41.9. The van der Waals surface area contributed by atoms with Crippen LogP contribution in [-0.4, -0.2) is 88.3 Å². The quantitative estimate of drug-likeness (QED) is 0.347. The van der Waals surface area contributed by atoms with E-state index in [4.69, 9.17) is 14.5 Å². The number of amides is 4. The number of carbonyl (C=O) groups is 4. The maximum Gasteiger partial charge on any atom is 0.408 e. The van der Waals surface area contributed by atoms with E-state index < -0.39 is 62.8 Å². The average Bonchev–Trinajstić information content (AvgIpc) is 3.96. The lowest BCUT2D eigenvalue weighted by atomic mass is 9.96. The number of alkyl carbamates (subject to hydrolysis) is 1. The van der Waals surface area contributed by atoms with Crippen LogP contribution in [-0.2, 0) is 35.7 Å². The number of aryl methyl sites for hydroxylation is 1. The minimum absolute atomic E-state index is 0.00438. The van der Waals surface area contributed by atoms with Gasteiger partial charge in [0.25, 0.3) is 17.5 Å². The first kappa shape index (κ1) is 39.4. The van der Waals surface area contributed by atoms with E-state index in [-0.39, 0.29) is 61.4 Å². The molecule has 16 heteroatoms. The normalized spacial score (nSPS) is 31.6. The van der Waals surface area contributed by atoms with Crippen LogP contribution in [0.3, 0.4) is 0 Å². The third-order valence-electron chi connectivity index (χ3n) is 13.2. The van der Waals surface area contributed by atoms with Gasteiger partial charge < -0.3 is 25.0 Å². The summed E-state index contributed by atoms with van der Waals surface area (Å²) >= 11 is 0. The molecule has 5 fully saturated rings. The number of allylic oxidation sites excluding steroid dienone is 2. The first-order valence-corrected chi connectivity index (χ1v) is 22.4. The molecule has 4 aliphatic carbocycles. The lowest BCUT2D eigenvalue weighted by molar-refractivity contribution is -0.142. The number of nitrogens with one attached hydrogen (secondary N) is 3. The van der Waals surface area contributed by atoms with E-state index in [0.29, 0.717) is 43.0 Å². The molecule has 2 aliphatic heterocycles. The average molecular weight is 807 g/mol. The van der Waals surface area contributed by atoms with Crippen LogP contribution in [0, 0.1) is 24.7 Å². The third-order valence-corrected chi connectivity index (χ3v) is 15.0. The SMILES string of the molecule is CC[C@@H]1C[C@]1(NC(=O)[C@@H]1C[C@@H]2CN1C(=O)[C@H](C1CCCC1)NC(=O)O[C@@H]1CCC[C@H]1CC/C=C/Cn1c(nc3cc(C)ccc3c1=O)O2)C(=O)NS(=O)(=O)C1CC1. The molecule has 7 atom stereocenters. The third kappa shape index (κ3) is 8.02. The highest BCUT2D eigenvalue weighted by Gasteiger charge is 2.62. The van der Waals surface area contributed by atoms with Gasteiger partial charge in [-0.05, 0) is 107 Å². The van der Waals surface area contributed by atoms with Gasteiger partial charge >= 0.3 is 6.09 Å². The van der Waals surface area contributed by atoms with Gasteiger partial charge in [-0.2, -0.15) is 4.98 Å². The van der Waals surface area contributed by atoms with Gasteiger partial charge in [0, 0.05) is 13.0 Å². The number of nitrogens with zero attached hydrogens (tertiary/aromatic N) is 3. The molecule has 2 bridgehead atoms. The van der Waals surface area contributed by atoms with Gasteiger partial charge in [0.1, 0.15) is 29.8 Å². The van der Waals surface area contributed by atoms with Crippen molar-refractivity contribution in [3.05, 3.63) is 46.3 Å². The molecule has 4 amide bonds. The lowest BCUT2D eigenvalue weighted by Crippen LogP contribution is -2.59. The van der Waals surface area contributed by atoms with Gasteiger partial charge in [-0.3, -0.25) is 28.5 Å². The molecule has 3 N–H and O–H groups in total. The van der Waals surface area contributed by atoms with Crippen LogP contribution in [0.1, 0.15) is 102 Å². The maximum absolute atomic E-state index is 14.9. The summed E-state index contributed by atoms with van der Waals surface area (Å²) in [4.78, 5) is 76.8. The van der Waals surface area contributed by atoms with E-state index in [1.165, 1.54) is 9.47 Å². The molecular formula is C41H54N6O9S. The fraction of sp³-hybridized carbons (Fsp3) is 0.659. The number of hydrogen-bond acceptors (Lipinski definition) is 10. The van der Waals surface area contributed by atoms with Crippen molar-refractivity contribution in [3.8, 4) is 6.01 Å². The fourth-order valence-corrected chi connectivity index (χ4v) is 11.0. The fourth-order valence-electron chi connectivity index (χ4n) is 9.63. The van der Waals surface area contributed by atoms with Crippen molar-refractivity contribution in [1.29, 1.82) is 0 Å². The van der Waals surface area contributed by atoms with Crippen LogP contribution in [0.4, 0.5) is 4.79 Å². The second-order valence-electron chi connectivity index (χ2n) is 17.1. The van der Waals surface area contributed by atoms with Crippen LogP contribution in [0.2, 0.25) is 0 Å². The molecule has 4 saturated carbocycles. The first-order chi connectivity index (χ1) is 27.4. The smallest absolute Gasteiger partial charge is 0.408 e. The summed E-state index contributed by atoms with van der Waals surface area (Å²) in [5.41, 5.74) is -0.363. The van der Waals surface area contributed by atoms with Crippen molar-refractivity contribution >= 4 is 44.7 Å². The van der Waals surface area contributed by atoms with E-state index in [2.05, 4.69) is 15.4 Å². The van der Waals surface area contributed by atoms with Crippen molar-refractivity contribution in [2.75, 3.05) is 6.54 Å². The Morgan fingerprint density at radius 2 is 1.75 bits per heavy atom. The molecule has 3 heterocycles. The number of benzene rings is 1. The van der Waals surface area contributed by atoms with Crippen LogP contribution in [0.15, 0.2) is 35.1 Å². The summed E-state index contributed by atoms with van der Waals surface area (Å²) in [5.74, 6) is -2.20. The van der Waals surface area contributed by atoms with Gasteiger partial charge in [0.2, 0.25) is 21.8 Å². The van der Waals surface area contributed by atoms with Gasteiger partial charge in [0.15, 0.2) is 0 Å². The Morgan fingerprint density at radius 3 is 2.49 bits per heavy atom. The number of aromatic nitrogens is 2. The predicted molar refractivity (Wildman–Crippen MR) is 209 cm³/mol. The summed E-state index contributed by atoms with van der Waals surface area (Å²) in [6.45, 7) is 3.90. The van der Waals surface area contributed by atoms with Crippen molar-refractivity contribution in [1.82, 2.24) is 29.8 Å². The summed E-state index contributed by atoms with van der Waals surface area (Å²) in [6.07, 6.45) is 11.2. The van der Waals surface area contributed by atoms with Gasteiger partial charge in [-0.15, -0.1) is 0 Å². The van der Waals surface area contributed by atoms with Gasteiger partial charge in [-0.1, -0.05) is 44.4 Å². The van der Waals surface area contributed by atoms with Crippen LogP contribution >= 0.6 is 0 Å². The molecule has 6 aliphatic rings. The lowest BCUT2D eigenvalue weighted by Gasteiger charge is -2.32. The van der Waals surface area contributed by atoms with E-state index >= 15 is 0 Å². The Morgan fingerprint density at radius 1 is 0.982 bits per heavy atom. The first-order valence-electron chi connectivity index (χ1n) is 20.9. The second-order valence-corrected chi connectivity index (χ2v) is 19.1. The molecule has 2 aromatic rings. The van der Waals surface area contributed by atoms with E-state index in [1.54, 1.807) is 6.07 Å². The highest BCUT2D eigenvalue weighted by molar-refractivity contribution is 7.91. The molecule has 57 heavy (non-hydrogen) atoms. The molecule has 8 rings (SSSR count). The van der Waals surface area contributed by atoms with Gasteiger partial charge in [-0.25, -0.2) is 13.2 Å². The van der Waals surface area contributed by atoms with Crippen molar-refractivity contribution in [2.24, 2.45) is 17.8 Å². The maximum atomic E-state index is 14.9. The summed E-state index contributed by atoms with van der Waals surface area (Å²) in [6, 6.07) is 3.36. The summed E-state index contributed by atoms with van der Waals surface area (Å²) in [7, 11) is -3.88. The number of ether oxygens (including phenoxy) is 2. The van der Waals surface area contributed by atoms with Gasteiger partial charge in [0.05, 0.1) is 22.7 Å².